The van der Waals surface area contributed by atoms with E-state index >= 15 is 0 Å². The molecule has 0 amide bonds. The van der Waals surface area contributed by atoms with Crippen molar-refractivity contribution >= 4 is 15.7 Å². The predicted octanol–water partition coefficient (Wildman–Crippen LogP) is 0.0706. The summed E-state index contributed by atoms with van der Waals surface area (Å²) in [5.41, 5.74) is 0. The lowest BCUT2D eigenvalue weighted by atomic mass is 10.7. The van der Waals surface area contributed by atoms with Gasteiger partial charge in [-0.3, -0.25) is 0 Å². The number of hydroxylamine groups is 1. The molecule has 0 aliphatic rings. The first-order valence-corrected chi connectivity index (χ1v) is 4.92. The van der Waals surface area contributed by atoms with Gasteiger partial charge in [0.2, 0.25) is 0 Å². The van der Waals surface area contributed by atoms with Gasteiger partial charge in [0.05, 0.1) is 0 Å². The Morgan fingerprint density at radius 3 is 2.27 bits per heavy atom. The van der Waals surface area contributed by atoms with Gasteiger partial charge in [-0.1, -0.05) is 6.55 Å². The fraction of sp³-hybridized carbons (Fsp3) is 0.750. The molecular weight excluding hydrogens is 179 g/mol. The monoisotopic (exact) mass is 187 g/mol. The molecule has 0 bridgehead atoms. The standard InChI is InChI=1S/C4H8F3NO2Si/c1-8(11-2)10-3(9)4(5,6)7/h11H2,1-2H3. The highest BCUT2D eigenvalue weighted by Gasteiger charge is 2.41. The Bertz CT molecular complexity index is 149. The third-order valence-corrected chi connectivity index (χ3v) is 1.94. The van der Waals surface area contributed by atoms with Crippen LogP contribution in [-0.2, 0) is 9.63 Å². The molecule has 66 valence electrons. The lowest BCUT2D eigenvalue weighted by Gasteiger charge is -2.14. The van der Waals surface area contributed by atoms with Crippen molar-refractivity contribution in [3.63, 3.8) is 0 Å². The molecule has 0 saturated heterocycles. The van der Waals surface area contributed by atoms with E-state index in [1.807, 2.05) is 0 Å². The molecule has 0 heterocycles. The molecule has 0 aliphatic heterocycles. The molecule has 0 aromatic rings. The highest BCUT2D eigenvalue weighted by molar-refractivity contribution is 6.29. The second-order valence-electron chi connectivity index (χ2n) is 1.82. The van der Waals surface area contributed by atoms with Crippen molar-refractivity contribution in [2.75, 3.05) is 7.05 Å². The normalized spacial score (nSPS) is 12.9. The number of rotatable bonds is 2. The van der Waals surface area contributed by atoms with Crippen molar-refractivity contribution in [2.45, 2.75) is 12.7 Å². The Morgan fingerprint density at radius 1 is 1.55 bits per heavy atom. The summed E-state index contributed by atoms with van der Waals surface area (Å²) in [4.78, 5) is 14.0. The molecular formula is C4H8F3NO2Si. The zero-order valence-corrected chi connectivity index (χ0v) is 7.52. The Balaban J connectivity index is 3.88. The lowest BCUT2D eigenvalue weighted by Crippen LogP contribution is -2.33. The van der Waals surface area contributed by atoms with Gasteiger partial charge in [0.1, 0.15) is 9.68 Å². The van der Waals surface area contributed by atoms with Gasteiger partial charge in [0.25, 0.3) is 0 Å². The Hall–Kier alpha value is -0.563. The summed E-state index contributed by atoms with van der Waals surface area (Å²) in [5, 5.41) is 0. The maximum atomic E-state index is 11.5. The molecule has 3 nitrogen and oxygen atoms in total. The van der Waals surface area contributed by atoms with Gasteiger partial charge in [-0.2, -0.15) is 17.9 Å². The Morgan fingerprint density at radius 2 is 2.00 bits per heavy atom. The van der Waals surface area contributed by atoms with E-state index < -0.39 is 21.8 Å². The first-order valence-electron chi connectivity index (χ1n) is 2.88. The van der Waals surface area contributed by atoms with Crippen LogP contribution in [0.5, 0.6) is 0 Å². The molecule has 7 heteroatoms. The third-order valence-electron chi connectivity index (χ3n) is 0.916. The number of hydrogen-bond donors (Lipinski definition) is 0. The van der Waals surface area contributed by atoms with E-state index in [2.05, 4.69) is 4.84 Å². The minimum Gasteiger partial charge on any atom is -0.370 e. The number of alkyl halides is 3. The molecule has 0 aromatic carbocycles. The van der Waals surface area contributed by atoms with Crippen LogP contribution in [0.25, 0.3) is 0 Å². The topological polar surface area (TPSA) is 29.5 Å². The van der Waals surface area contributed by atoms with E-state index in [4.69, 9.17) is 0 Å². The second kappa shape index (κ2) is 3.72. The fourth-order valence-electron chi connectivity index (χ4n) is 0.258. The van der Waals surface area contributed by atoms with Gasteiger partial charge in [0, 0.05) is 7.05 Å². The van der Waals surface area contributed by atoms with Crippen LogP contribution >= 0.6 is 0 Å². The summed E-state index contributed by atoms with van der Waals surface area (Å²) in [5.74, 6) is -2.16. The number of nitrogens with zero attached hydrogens (tertiary/aromatic N) is 1. The molecule has 0 saturated carbocycles. The Labute approximate surface area is 64.0 Å². The van der Waals surface area contributed by atoms with Crippen LogP contribution < -0.4 is 0 Å². The molecule has 0 rings (SSSR count). The van der Waals surface area contributed by atoms with Crippen molar-refractivity contribution in [3.8, 4) is 0 Å². The number of carbonyl (C=O) groups excluding carboxylic acids is 1. The van der Waals surface area contributed by atoms with E-state index in [0.717, 1.165) is 4.73 Å². The van der Waals surface area contributed by atoms with E-state index in [9.17, 15) is 18.0 Å². The lowest BCUT2D eigenvalue weighted by molar-refractivity contribution is -0.220. The van der Waals surface area contributed by atoms with Crippen LogP contribution in [0, 0.1) is 0 Å². The van der Waals surface area contributed by atoms with Crippen molar-refractivity contribution < 1.29 is 22.8 Å². The molecule has 0 radical (unpaired) electrons. The average Bonchev–Trinajstić information content (AvgIpc) is 1.85. The summed E-state index contributed by atoms with van der Waals surface area (Å²) in [6.45, 7) is 1.70. The van der Waals surface area contributed by atoms with Gasteiger partial charge in [-0.05, 0) is 0 Å². The minimum atomic E-state index is -4.89. The molecule has 0 unspecified atom stereocenters. The minimum absolute atomic E-state index is 0.872. The number of halogens is 3. The molecule has 0 fully saturated rings. The van der Waals surface area contributed by atoms with E-state index in [-0.39, 0.29) is 0 Å². The summed E-state index contributed by atoms with van der Waals surface area (Å²) in [6, 6.07) is 0. The summed E-state index contributed by atoms with van der Waals surface area (Å²) >= 11 is 0. The quantitative estimate of drug-likeness (QED) is 0.452. The zero-order chi connectivity index (χ0) is 9.07. The maximum absolute atomic E-state index is 11.5. The van der Waals surface area contributed by atoms with Crippen LogP contribution in [0.3, 0.4) is 0 Å². The van der Waals surface area contributed by atoms with Gasteiger partial charge < -0.3 is 4.84 Å². The van der Waals surface area contributed by atoms with Crippen LogP contribution in [0.4, 0.5) is 13.2 Å². The second-order valence-corrected chi connectivity index (χ2v) is 3.34. The van der Waals surface area contributed by atoms with Gasteiger partial charge in [0.15, 0.2) is 0 Å². The highest BCUT2D eigenvalue weighted by atomic mass is 28.2. The first kappa shape index (κ1) is 10.4. The molecule has 0 spiro atoms. The van der Waals surface area contributed by atoms with Crippen molar-refractivity contribution in [3.05, 3.63) is 0 Å². The molecule has 0 aromatic heterocycles. The summed E-state index contributed by atoms with van der Waals surface area (Å²) in [6.07, 6.45) is -4.89. The van der Waals surface area contributed by atoms with Crippen LogP contribution in [0.15, 0.2) is 0 Å². The average molecular weight is 187 g/mol. The van der Waals surface area contributed by atoms with Gasteiger partial charge >= 0.3 is 12.1 Å². The van der Waals surface area contributed by atoms with Crippen LogP contribution in [0.2, 0.25) is 6.55 Å². The number of hydrogen-bond acceptors (Lipinski definition) is 3. The van der Waals surface area contributed by atoms with E-state index in [1.165, 1.54) is 7.05 Å². The van der Waals surface area contributed by atoms with Crippen molar-refractivity contribution in [1.29, 1.82) is 0 Å². The fourth-order valence-corrected chi connectivity index (χ4v) is 0.504. The van der Waals surface area contributed by atoms with Crippen molar-refractivity contribution in [1.82, 2.24) is 4.73 Å². The number of carbonyl (C=O) groups is 1. The maximum Gasteiger partial charge on any atom is 0.492 e. The summed E-state index contributed by atoms with van der Waals surface area (Å²) in [7, 11) is 0.429. The largest absolute Gasteiger partial charge is 0.492 e. The SMILES string of the molecule is C[SiH2]N(C)OC(=O)C(F)(F)F. The Kier molecular flexibility index (Phi) is 3.53. The van der Waals surface area contributed by atoms with Crippen LogP contribution in [-0.4, -0.2) is 33.6 Å². The van der Waals surface area contributed by atoms with Gasteiger partial charge in [-0.25, -0.2) is 4.79 Å². The zero-order valence-electron chi connectivity index (χ0n) is 6.10. The smallest absolute Gasteiger partial charge is 0.370 e. The molecule has 0 N–H and O–H groups in total. The van der Waals surface area contributed by atoms with Crippen LogP contribution in [0.1, 0.15) is 0 Å². The van der Waals surface area contributed by atoms with E-state index in [1.54, 1.807) is 6.55 Å². The molecule has 0 aliphatic carbocycles. The van der Waals surface area contributed by atoms with Crippen molar-refractivity contribution in [2.24, 2.45) is 0 Å². The molecule has 0 atom stereocenters. The third kappa shape index (κ3) is 3.99. The first-order chi connectivity index (χ1) is 4.88. The predicted molar refractivity (Wildman–Crippen MR) is 34.3 cm³/mol. The van der Waals surface area contributed by atoms with E-state index in [0.29, 0.717) is 0 Å². The summed E-state index contributed by atoms with van der Waals surface area (Å²) < 4.78 is 35.3. The molecule has 11 heavy (non-hydrogen) atoms. The van der Waals surface area contributed by atoms with Gasteiger partial charge in [-0.15, -0.1) is 0 Å². The highest BCUT2D eigenvalue weighted by Crippen LogP contribution is 2.16.